The maximum absolute atomic E-state index is 12.8. The van der Waals surface area contributed by atoms with Gasteiger partial charge in [-0.05, 0) is 37.8 Å². The fourth-order valence-electron chi connectivity index (χ4n) is 3.60. The number of hydrogen-bond donors (Lipinski definition) is 0. The minimum Gasteiger partial charge on any atom is -0.462 e. The summed E-state index contributed by atoms with van der Waals surface area (Å²) in [7, 11) is 0. The van der Waals surface area contributed by atoms with Crippen LogP contribution in [0.1, 0.15) is 37.4 Å². The molecule has 2 fully saturated rings. The minimum atomic E-state index is -0.403. The number of carbonyl (C=O) groups is 1. The van der Waals surface area contributed by atoms with E-state index in [0.717, 1.165) is 44.3 Å². The number of rotatable bonds is 4. The Morgan fingerprint density at radius 1 is 1.31 bits per heavy atom. The minimum absolute atomic E-state index is 0.0966. The van der Waals surface area contributed by atoms with E-state index in [9.17, 15) is 4.79 Å². The van der Waals surface area contributed by atoms with Crippen molar-refractivity contribution in [3.8, 4) is 6.07 Å². The molecule has 0 unspecified atom stereocenters. The number of carbonyl (C=O) groups excluding carboxylic acids is 1. The molecule has 0 bridgehead atoms. The lowest BCUT2D eigenvalue weighted by atomic mass is 9.89. The molecule has 0 radical (unpaired) electrons. The maximum Gasteiger partial charge on any atom is 0.312 e. The zero-order valence-corrected chi connectivity index (χ0v) is 16.0. The molecule has 2 aliphatic heterocycles. The van der Waals surface area contributed by atoms with Crippen molar-refractivity contribution in [3.63, 3.8) is 0 Å². The van der Waals surface area contributed by atoms with Crippen molar-refractivity contribution >= 4 is 29.2 Å². The number of piperidine rings is 1. The molecule has 2 aliphatic rings. The van der Waals surface area contributed by atoms with E-state index in [-0.39, 0.29) is 18.0 Å². The predicted octanol–water partition coefficient (Wildman–Crippen LogP) is 3.99. The van der Waals surface area contributed by atoms with Crippen molar-refractivity contribution in [1.29, 1.82) is 5.26 Å². The third-order valence-electron chi connectivity index (χ3n) is 5.01. The van der Waals surface area contributed by atoms with E-state index in [1.54, 1.807) is 12.1 Å². The largest absolute Gasteiger partial charge is 0.462 e. The Balaban J connectivity index is 1.64. The van der Waals surface area contributed by atoms with Gasteiger partial charge in [-0.25, -0.2) is 0 Å². The Bertz CT molecular complexity index is 684. The van der Waals surface area contributed by atoms with E-state index in [1.807, 2.05) is 6.07 Å². The lowest BCUT2D eigenvalue weighted by molar-refractivity contribution is -0.166. The van der Waals surface area contributed by atoms with Gasteiger partial charge in [-0.2, -0.15) is 5.26 Å². The first-order valence-electron chi connectivity index (χ1n) is 8.95. The van der Waals surface area contributed by atoms with Crippen LogP contribution in [0.4, 0.5) is 0 Å². The second kappa shape index (κ2) is 9.05. The smallest absolute Gasteiger partial charge is 0.312 e. The highest BCUT2D eigenvalue weighted by molar-refractivity contribution is 6.35. The second-order valence-corrected chi connectivity index (χ2v) is 7.62. The number of nitriles is 1. The first kappa shape index (κ1) is 19.4. The van der Waals surface area contributed by atoms with Gasteiger partial charge in [-0.3, -0.25) is 9.69 Å². The molecule has 0 amide bonds. The van der Waals surface area contributed by atoms with Crippen LogP contribution in [0, 0.1) is 17.2 Å². The van der Waals surface area contributed by atoms with Crippen LogP contribution in [-0.4, -0.2) is 43.2 Å². The van der Waals surface area contributed by atoms with E-state index in [2.05, 4.69) is 11.0 Å². The van der Waals surface area contributed by atoms with Gasteiger partial charge in [0.25, 0.3) is 0 Å². The first-order chi connectivity index (χ1) is 12.6. The Morgan fingerprint density at radius 3 is 2.77 bits per heavy atom. The van der Waals surface area contributed by atoms with Gasteiger partial charge < -0.3 is 9.47 Å². The highest BCUT2D eigenvalue weighted by Crippen LogP contribution is 2.39. The van der Waals surface area contributed by atoms with Gasteiger partial charge in [0.1, 0.15) is 6.10 Å². The van der Waals surface area contributed by atoms with E-state index >= 15 is 0 Å². The quantitative estimate of drug-likeness (QED) is 0.568. The van der Waals surface area contributed by atoms with Gasteiger partial charge in [-0.1, -0.05) is 29.3 Å². The Kier molecular flexibility index (Phi) is 6.77. The van der Waals surface area contributed by atoms with Crippen LogP contribution in [-0.2, 0) is 14.3 Å². The Labute approximate surface area is 163 Å². The molecule has 0 aromatic heterocycles. The average Bonchev–Trinajstić information content (AvgIpc) is 2.64. The number of benzene rings is 1. The van der Waals surface area contributed by atoms with Crippen molar-refractivity contribution in [2.45, 2.75) is 37.9 Å². The fraction of sp³-hybridized carbons (Fsp3) is 0.579. The highest BCUT2D eigenvalue weighted by Gasteiger charge is 2.37. The molecular weight excluding hydrogens is 375 g/mol. The zero-order valence-electron chi connectivity index (χ0n) is 14.5. The van der Waals surface area contributed by atoms with Crippen LogP contribution < -0.4 is 0 Å². The number of likely N-dealkylation sites (tertiary alicyclic amines) is 1. The van der Waals surface area contributed by atoms with Crippen molar-refractivity contribution in [2.24, 2.45) is 5.92 Å². The molecule has 0 aliphatic carbocycles. The van der Waals surface area contributed by atoms with Gasteiger partial charge >= 0.3 is 5.97 Å². The molecule has 0 saturated carbocycles. The van der Waals surface area contributed by atoms with Crippen molar-refractivity contribution < 1.29 is 14.3 Å². The van der Waals surface area contributed by atoms with Crippen LogP contribution in [0.15, 0.2) is 18.2 Å². The van der Waals surface area contributed by atoms with Gasteiger partial charge in [-0.15, -0.1) is 0 Å². The van der Waals surface area contributed by atoms with E-state index in [4.69, 9.17) is 37.9 Å². The molecule has 1 aromatic rings. The maximum atomic E-state index is 12.8. The highest BCUT2D eigenvalue weighted by atomic mass is 35.5. The average molecular weight is 397 g/mol. The Morgan fingerprint density at radius 2 is 2.08 bits per heavy atom. The molecule has 26 heavy (non-hydrogen) atoms. The van der Waals surface area contributed by atoms with E-state index < -0.39 is 6.10 Å². The number of ether oxygens (including phenoxy) is 2. The lowest BCUT2D eigenvalue weighted by Gasteiger charge is -2.34. The molecule has 140 valence electrons. The van der Waals surface area contributed by atoms with Gasteiger partial charge in [0, 0.05) is 35.3 Å². The summed E-state index contributed by atoms with van der Waals surface area (Å²) in [4.78, 5) is 14.9. The number of esters is 1. The molecule has 2 heterocycles. The molecule has 2 saturated heterocycles. The summed E-state index contributed by atoms with van der Waals surface area (Å²) in [5.74, 6) is -0.584. The number of nitrogens with zero attached hydrogens (tertiary/aromatic N) is 2. The molecule has 3 rings (SSSR count). The number of halogens is 2. The predicted molar refractivity (Wildman–Crippen MR) is 99.0 cm³/mol. The van der Waals surface area contributed by atoms with Crippen LogP contribution in [0.25, 0.3) is 0 Å². The molecule has 7 heteroatoms. The monoisotopic (exact) mass is 396 g/mol. The van der Waals surface area contributed by atoms with Crippen molar-refractivity contribution in [1.82, 2.24) is 4.90 Å². The summed E-state index contributed by atoms with van der Waals surface area (Å²) < 4.78 is 11.7. The van der Waals surface area contributed by atoms with E-state index in [0.29, 0.717) is 23.2 Å². The summed E-state index contributed by atoms with van der Waals surface area (Å²) in [6.45, 7) is 2.58. The molecular formula is C19H22Cl2N2O3. The molecule has 0 spiro atoms. The van der Waals surface area contributed by atoms with Crippen LogP contribution in [0.2, 0.25) is 10.0 Å². The first-order valence-corrected chi connectivity index (χ1v) is 9.70. The Hall–Kier alpha value is -1.32. The third-order valence-corrected chi connectivity index (χ3v) is 5.57. The molecule has 0 N–H and O–H groups in total. The lowest BCUT2D eigenvalue weighted by Crippen LogP contribution is -2.40. The topological polar surface area (TPSA) is 62.6 Å². The van der Waals surface area contributed by atoms with Crippen molar-refractivity contribution in [2.75, 3.05) is 26.2 Å². The molecule has 5 nitrogen and oxygen atoms in total. The second-order valence-electron chi connectivity index (χ2n) is 6.78. The fourth-order valence-corrected chi connectivity index (χ4v) is 4.11. The van der Waals surface area contributed by atoms with Gasteiger partial charge in [0.15, 0.2) is 0 Å². The van der Waals surface area contributed by atoms with Crippen LogP contribution >= 0.6 is 23.2 Å². The SMILES string of the molecule is N#CCN1CCC(OC(=O)[C@H]2CCCO[C@H]2c2ccc(Cl)cc2Cl)CC1. The zero-order chi connectivity index (χ0) is 18.5. The number of hydrogen-bond acceptors (Lipinski definition) is 5. The molecule has 1 aromatic carbocycles. The van der Waals surface area contributed by atoms with Crippen molar-refractivity contribution in [3.05, 3.63) is 33.8 Å². The summed E-state index contributed by atoms with van der Waals surface area (Å²) in [5.41, 5.74) is 0.779. The van der Waals surface area contributed by atoms with E-state index in [1.165, 1.54) is 0 Å². The third kappa shape index (κ3) is 4.69. The molecule has 2 atom stereocenters. The standard InChI is InChI=1S/C19H22Cl2N2O3/c20-13-3-4-15(17(21)12-13)18-16(2-1-11-25-18)19(24)26-14-5-8-23(9-6-14)10-7-22/h3-4,12,14,16,18H,1-2,5-6,8-11H2/t16-,18-/m0/s1. The van der Waals surface area contributed by atoms with Gasteiger partial charge in [0.2, 0.25) is 0 Å². The summed E-state index contributed by atoms with van der Waals surface area (Å²) in [5, 5.41) is 9.83. The summed E-state index contributed by atoms with van der Waals surface area (Å²) in [6.07, 6.45) is 2.55. The summed E-state index contributed by atoms with van der Waals surface area (Å²) in [6, 6.07) is 7.41. The van der Waals surface area contributed by atoms with Crippen LogP contribution in [0.5, 0.6) is 0 Å². The normalized spacial score (nSPS) is 24.8. The summed E-state index contributed by atoms with van der Waals surface area (Å²) >= 11 is 12.3. The van der Waals surface area contributed by atoms with Crippen LogP contribution in [0.3, 0.4) is 0 Å². The van der Waals surface area contributed by atoms with Gasteiger partial charge in [0.05, 0.1) is 24.6 Å².